The van der Waals surface area contributed by atoms with Crippen molar-refractivity contribution in [2.75, 3.05) is 32.7 Å². The molecule has 0 unspecified atom stereocenters. The average Bonchev–Trinajstić information content (AvgIpc) is 3.08. The number of nitrogens with one attached hydrogen (secondary N) is 1. The zero-order valence-corrected chi connectivity index (χ0v) is 14.7. The van der Waals surface area contributed by atoms with Crippen LogP contribution in [-0.4, -0.2) is 59.2 Å². The van der Waals surface area contributed by atoms with E-state index in [1.165, 1.54) is 0 Å². The molecule has 5 heteroatoms. The van der Waals surface area contributed by atoms with Gasteiger partial charge in [-0.1, -0.05) is 19.1 Å². The van der Waals surface area contributed by atoms with Gasteiger partial charge in [0, 0.05) is 48.7 Å². The molecular weight excluding hydrogens is 314 g/mol. The topological polar surface area (TPSA) is 56.4 Å². The highest BCUT2D eigenvalue weighted by Crippen LogP contribution is 2.14. The van der Waals surface area contributed by atoms with Crippen LogP contribution in [0.5, 0.6) is 0 Å². The van der Waals surface area contributed by atoms with Gasteiger partial charge in [0.05, 0.1) is 0 Å². The van der Waals surface area contributed by atoms with Crippen molar-refractivity contribution in [3.05, 3.63) is 59.4 Å². The Hall–Kier alpha value is -2.40. The number of aromatic amines is 1. The van der Waals surface area contributed by atoms with Gasteiger partial charge in [0.2, 0.25) is 0 Å². The molecule has 3 rings (SSSR count). The van der Waals surface area contributed by atoms with E-state index in [1.54, 1.807) is 42.7 Å². The van der Waals surface area contributed by atoms with Crippen LogP contribution >= 0.6 is 0 Å². The maximum atomic E-state index is 12.7. The molecule has 2 heterocycles. The maximum Gasteiger partial charge on any atom is 0.253 e. The Kier molecular flexibility index (Phi) is 5.66. The molecule has 0 bridgehead atoms. The molecular formula is C20H25N3O2. The highest BCUT2D eigenvalue weighted by Gasteiger charge is 2.20. The Balaban J connectivity index is 1.65. The van der Waals surface area contributed by atoms with Gasteiger partial charge in [-0.25, -0.2) is 0 Å². The number of aromatic nitrogens is 1. The molecule has 1 fully saturated rings. The van der Waals surface area contributed by atoms with Gasteiger partial charge in [0.1, 0.15) is 0 Å². The molecule has 0 atom stereocenters. The van der Waals surface area contributed by atoms with Crippen molar-refractivity contribution in [1.29, 1.82) is 0 Å². The van der Waals surface area contributed by atoms with Crippen molar-refractivity contribution in [3.8, 4) is 0 Å². The molecule has 1 aromatic heterocycles. The SMILES string of the molecule is CCCN1CCCN(C(=O)c2ccc(C(=O)c3cc[nH]c3)cc2)CC1. The van der Waals surface area contributed by atoms with Crippen LogP contribution in [-0.2, 0) is 0 Å². The molecule has 1 aliphatic heterocycles. The predicted molar refractivity (Wildman–Crippen MR) is 97.9 cm³/mol. The predicted octanol–water partition coefficient (Wildman–Crippen LogP) is 2.80. The molecule has 0 radical (unpaired) electrons. The van der Waals surface area contributed by atoms with Crippen LogP contribution in [0, 0.1) is 0 Å². The summed E-state index contributed by atoms with van der Waals surface area (Å²) in [6.45, 7) is 6.83. The lowest BCUT2D eigenvalue weighted by atomic mass is 10.0. The Morgan fingerprint density at radius 2 is 1.72 bits per heavy atom. The van der Waals surface area contributed by atoms with Gasteiger partial charge >= 0.3 is 0 Å². The molecule has 25 heavy (non-hydrogen) atoms. The number of rotatable bonds is 5. The molecule has 0 spiro atoms. The lowest BCUT2D eigenvalue weighted by molar-refractivity contribution is 0.0761. The quantitative estimate of drug-likeness (QED) is 0.852. The van der Waals surface area contributed by atoms with E-state index in [2.05, 4.69) is 16.8 Å². The van der Waals surface area contributed by atoms with E-state index in [-0.39, 0.29) is 11.7 Å². The number of hydrogen-bond acceptors (Lipinski definition) is 3. The Bertz CT molecular complexity index is 707. The molecule has 0 saturated carbocycles. The van der Waals surface area contributed by atoms with Crippen LogP contribution in [0.25, 0.3) is 0 Å². The smallest absolute Gasteiger partial charge is 0.253 e. The van der Waals surface area contributed by atoms with E-state index in [9.17, 15) is 9.59 Å². The summed E-state index contributed by atoms with van der Waals surface area (Å²) in [5.74, 6) is 0.0178. The third-order valence-electron chi connectivity index (χ3n) is 4.67. The average molecular weight is 339 g/mol. The zero-order valence-electron chi connectivity index (χ0n) is 14.7. The summed E-state index contributed by atoms with van der Waals surface area (Å²) < 4.78 is 0. The second-order valence-corrected chi connectivity index (χ2v) is 6.49. The lowest BCUT2D eigenvalue weighted by Gasteiger charge is -2.21. The third-order valence-corrected chi connectivity index (χ3v) is 4.67. The summed E-state index contributed by atoms with van der Waals surface area (Å²) in [4.78, 5) is 32.3. The maximum absolute atomic E-state index is 12.7. The van der Waals surface area contributed by atoms with Gasteiger partial charge in [-0.2, -0.15) is 0 Å². The van der Waals surface area contributed by atoms with Gasteiger partial charge in [-0.05, 0) is 44.1 Å². The lowest BCUT2D eigenvalue weighted by Crippen LogP contribution is -2.35. The van der Waals surface area contributed by atoms with Crippen LogP contribution in [0.4, 0.5) is 0 Å². The summed E-state index contributed by atoms with van der Waals surface area (Å²) in [5.41, 5.74) is 1.87. The Morgan fingerprint density at radius 3 is 2.40 bits per heavy atom. The number of ketones is 1. The van der Waals surface area contributed by atoms with Gasteiger partial charge in [-0.3, -0.25) is 9.59 Å². The highest BCUT2D eigenvalue weighted by molar-refractivity contribution is 6.09. The minimum Gasteiger partial charge on any atom is -0.367 e. The summed E-state index contributed by atoms with van der Waals surface area (Å²) in [6.07, 6.45) is 5.56. The summed E-state index contributed by atoms with van der Waals surface area (Å²) in [5, 5.41) is 0. The van der Waals surface area contributed by atoms with Crippen molar-refractivity contribution < 1.29 is 9.59 Å². The number of amides is 1. The summed E-state index contributed by atoms with van der Waals surface area (Å²) in [7, 11) is 0. The van der Waals surface area contributed by atoms with E-state index in [4.69, 9.17) is 0 Å². The Labute approximate surface area is 148 Å². The van der Waals surface area contributed by atoms with Crippen molar-refractivity contribution in [1.82, 2.24) is 14.8 Å². The second kappa shape index (κ2) is 8.12. The second-order valence-electron chi connectivity index (χ2n) is 6.49. The first-order chi connectivity index (χ1) is 12.2. The van der Waals surface area contributed by atoms with Crippen LogP contribution < -0.4 is 0 Å². The molecule has 5 nitrogen and oxygen atoms in total. The number of nitrogens with zero attached hydrogens (tertiary/aromatic N) is 2. The van der Waals surface area contributed by atoms with E-state index in [0.29, 0.717) is 16.7 Å². The summed E-state index contributed by atoms with van der Waals surface area (Å²) >= 11 is 0. The van der Waals surface area contributed by atoms with Crippen molar-refractivity contribution >= 4 is 11.7 Å². The molecule has 0 aliphatic carbocycles. The van der Waals surface area contributed by atoms with E-state index >= 15 is 0 Å². The minimum absolute atomic E-state index is 0.0368. The first kappa shape index (κ1) is 17.4. The van der Waals surface area contributed by atoms with E-state index in [0.717, 1.165) is 45.6 Å². The van der Waals surface area contributed by atoms with Gasteiger partial charge < -0.3 is 14.8 Å². The molecule has 2 aromatic rings. The van der Waals surface area contributed by atoms with Gasteiger partial charge in [-0.15, -0.1) is 0 Å². The first-order valence-corrected chi connectivity index (χ1v) is 8.98. The van der Waals surface area contributed by atoms with E-state index in [1.807, 2.05) is 4.90 Å². The van der Waals surface area contributed by atoms with E-state index < -0.39 is 0 Å². The van der Waals surface area contributed by atoms with Gasteiger partial charge in [0.15, 0.2) is 5.78 Å². The monoisotopic (exact) mass is 339 g/mol. The van der Waals surface area contributed by atoms with Crippen LogP contribution in [0.3, 0.4) is 0 Å². The molecule has 1 N–H and O–H groups in total. The number of benzene rings is 1. The fraction of sp³-hybridized carbons (Fsp3) is 0.400. The zero-order chi connectivity index (χ0) is 17.6. The molecule has 132 valence electrons. The third kappa shape index (κ3) is 4.17. The number of hydrogen-bond donors (Lipinski definition) is 1. The standard InChI is InChI=1S/C20H25N3O2/c1-2-10-22-11-3-12-23(14-13-22)20(25)17-6-4-16(5-7-17)19(24)18-8-9-21-15-18/h4-9,15,21H,2-3,10-14H2,1H3. The van der Waals surface area contributed by atoms with Crippen molar-refractivity contribution in [2.45, 2.75) is 19.8 Å². The normalized spacial score (nSPS) is 15.8. The molecule has 1 amide bonds. The molecule has 1 aromatic carbocycles. The molecule has 1 aliphatic rings. The van der Waals surface area contributed by atoms with Crippen LogP contribution in [0.1, 0.15) is 46.0 Å². The first-order valence-electron chi connectivity index (χ1n) is 8.98. The fourth-order valence-corrected chi connectivity index (χ4v) is 3.29. The van der Waals surface area contributed by atoms with Crippen molar-refractivity contribution in [2.24, 2.45) is 0 Å². The fourth-order valence-electron chi connectivity index (χ4n) is 3.29. The molecule has 1 saturated heterocycles. The number of carbonyl (C=O) groups is 2. The number of H-pyrrole nitrogens is 1. The largest absolute Gasteiger partial charge is 0.367 e. The van der Waals surface area contributed by atoms with Gasteiger partial charge in [0.25, 0.3) is 5.91 Å². The minimum atomic E-state index is -0.0368. The highest BCUT2D eigenvalue weighted by atomic mass is 16.2. The van der Waals surface area contributed by atoms with Crippen molar-refractivity contribution in [3.63, 3.8) is 0 Å². The van der Waals surface area contributed by atoms with Crippen LogP contribution in [0.2, 0.25) is 0 Å². The Morgan fingerprint density at radius 1 is 0.960 bits per heavy atom. The summed E-state index contributed by atoms with van der Waals surface area (Å²) in [6, 6.07) is 8.75. The van der Waals surface area contributed by atoms with Crippen LogP contribution in [0.15, 0.2) is 42.7 Å². The number of carbonyl (C=O) groups excluding carboxylic acids is 2.